The van der Waals surface area contributed by atoms with Gasteiger partial charge in [0.05, 0.1) is 24.3 Å². The second-order valence-corrected chi connectivity index (χ2v) is 6.45. The highest BCUT2D eigenvalue weighted by molar-refractivity contribution is 7.80. The molecule has 0 aliphatic heterocycles. The molecule has 0 saturated carbocycles. The van der Waals surface area contributed by atoms with Gasteiger partial charge >= 0.3 is 5.97 Å². The summed E-state index contributed by atoms with van der Waals surface area (Å²) in [5, 5.41) is 8.26. The molecule has 0 saturated heterocycles. The van der Waals surface area contributed by atoms with E-state index < -0.39 is 11.9 Å². The van der Waals surface area contributed by atoms with E-state index in [1.54, 1.807) is 24.3 Å². The zero-order valence-electron chi connectivity index (χ0n) is 16.4. The standard InChI is InChI=1S/C19H27N3O5S/c1-4-13(2)20-18(25)14-7-5-6-8-15(14)21-19(28)22-16(23)9-10-17(24)27-12-11-26-3/h5-8,13H,4,9-12H2,1-3H3,(H,20,25)(H2,21,22,23,28). The van der Waals surface area contributed by atoms with E-state index >= 15 is 0 Å². The number of amides is 2. The van der Waals surface area contributed by atoms with Gasteiger partial charge in [-0.15, -0.1) is 0 Å². The first-order valence-electron chi connectivity index (χ1n) is 9.02. The van der Waals surface area contributed by atoms with Crippen molar-refractivity contribution in [2.75, 3.05) is 25.6 Å². The molecule has 154 valence electrons. The van der Waals surface area contributed by atoms with Crippen molar-refractivity contribution in [2.24, 2.45) is 0 Å². The van der Waals surface area contributed by atoms with E-state index in [1.165, 1.54) is 7.11 Å². The van der Waals surface area contributed by atoms with Gasteiger partial charge in [0.2, 0.25) is 5.91 Å². The molecule has 1 atom stereocenters. The number of para-hydroxylation sites is 1. The van der Waals surface area contributed by atoms with Crippen LogP contribution in [0.15, 0.2) is 24.3 Å². The Hall–Kier alpha value is -2.52. The van der Waals surface area contributed by atoms with Crippen LogP contribution in [0, 0.1) is 0 Å². The van der Waals surface area contributed by atoms with Gasteiger partial charge in [0.1, 0.15) is 6.61 Å². The minimum atomic E-state index is -0.488. The summed E-state index contributed by atoms with van der Waals surface area (Å²) in [7, 11) is 1.50. The normalized spacial score (nSPS) is 11.2. The summed E-state index contributed by atoms with van der Waals surface area (Å²) in [4.78, 5) is 35.8. The molecule has 2 amide bonds. The molecule has 1 aromatic carbocycles. The van der Waals surface area contributed by atoms with Gasteiger partial charge in [0.25, 0.3) is 5.91 Å². The monoisotopic (exact) mass is 409 g/mol. The maximum atomic E-state index is 12.4. The van der Waals surface area contributed by atoms with E-state index in [-0.39, 0.29) is 36.5 Å². The van der Waals surface area contributed by atoms with E-state index in [2.05, 4.69) is 16.0 Å². The Morgan fingerprint density at radius 2 is 1.86 bits per heavy atom. The minimum absolute atomic E-state index is 0.0378. The van der Waals surface area contributed by atoms with Crippen molar-refractivity contribution in [3.63, 3.8) is 0 Å². The molecule has 3 N–H and O–H groups in total. The molecule has 0 spiro atoms. The third-order valence-corrected chi connectivity index (χ3v) is 3.97. The number of carbonyl (C=O) groups excluding carboxylic acids is 3. The summed E-state index contributed by atoms with van der Waals surface area (Å²) < 4.78 is 9.65. The zero-order chi connectivity index (χ0) is 20.9. The Labute approximate surface area is 170 Å². The first kappa shape index (κ1) is 23.5. The number of rotatable bonds is 10. The second kappa shape index (κ2) is 12.8. The van der Waals surface area contributed by atoms with Gasteiger partial charge in [-0.1, -0.05) is 19.1 Å². The van der Waals surface area contributed by atoms with Crippen LogP contribution >= 0.6 is 12.2 Å². The largest absolute Gasteiger partial charge is 0.463 e. The molecule has 28 heavy (non-hydrogen) atoms. The summed E-state index contributed by atoms with van der Waals surface area (Å²) in [5.41, 5.74) is 0.897. The summed E-state index contributed by atoms with van der Waals surface area (Å²) >= 11 is 5.13. The molecule has 1 aromatic rings. The van der Waals surface area contributed by atoms with E-state index in [4.69, 9.17) is 21.7 Å². The molecule has 0 aliphatic rings. The highest BCUT2D eigenvalue weighted by Gasteiger charge is 2.15. The molecule has 1 unspecified atom stereocenters. The number of hydrogen-bond acceptors (Lipinski definition) is 6. The van der Waals surface area contributed by atoms with E-state index in [1.807, 2.05) is 13.8 Å². The van der Waals surface area contributed by atoms with Crippen LogP contribution in [0.1, 0.15) is 43.5 Å². The molecule has 0 heterocycles. The van der Waals surface area contributed by atoms with Crippen LogP contribution in [0.5, 0.6) is 0 Å². The quantitative estimate of drug-likeness (QED) is 0.308. The van der Waals surface area contributed by atoms with Crippen LogP contribution in [0.2, 0.25) is 0 Å². The van der Waals surface area contributed by atoms with Crippen LogP contribution in [0.25, 0.3) is 0 Å². The van der Waals surface area contributed by atoms with Gasteiger partial charge in [-0.3, -0.25) is 14.4 Å². The van der Waals surface area contributed by atoms with Gasteiger partial charge in [-0.25, -0.2) is 0 Å². The number of nitrogens with one attached hydrogen (secondary N) is 3. The number of benzene rings is 1. The first-order chi connectivity index (χ1) is 13.4. The summed E-state index contributed by atoms with van der Waals surface area (Å²) in [6.07, 6.45) is 0.680. The molecular formula is C19H27N3O5S. The Bertz CT molecular complexity index is 696. The fraction of sp³-hybridized carbons (Fsp3) is 0.474. The Morgan fingerprint density at radius 1 is 1.14 bits per heavy atom. The van der Waals surface area contributed by atoms with E-state index in [9.17, 15) is 14.4 Å². The predicted molar refractivity (Wildman–Crippen MR) is 110 cm³/mol. The van der Waals surface area contributed by atoms with Gasteiger partial charge in [-0.05, 0) is 37.7 Å². The number of esters is 1. The molecule has 0 fully saturated rings. The first-order valence-corrected chi connectivity index (χ1v) is 9.43. The van der Waals surface area contributed by atoms with Crippen LogP contribution < -0.4 is 16.0 Å². The van der Waals surface area contributed by atoms with Crippen molar-refractivity contribution in [3.05, 3.63) is 29.8 Å². The van der Waals surface area contributed by atoms with E-state index in [0.29, 0.717) is 17.9 Å². The lowest BCUT2D eigenvalue weighted by Gasteiger charge is -2.15. The maximum absolute atomic E-state index is 12.4. The number of thiocarbonyl (C=S) groups is 1. The van der Waals surface area contributed by atoms with Gasteiger partial charge < -0.3 is 25.4 Å². The molecular weight excluding hydrogens is 382 g/mol. The molecule has 0 bridgehead atoms. The fourth-order valence-electron chi connectivity index (χ4n) is 2.06. The second-order valence-electron chi connectivity index (χ2n) is 6.04. The van der Waals surface area contributed by atoms with Crippen molar-refractivity contribution in [1.82, 2.24) is 10.6 Å². The van der Waals surface area contributed by atoms with Gasteiger partial charge in [0.15, 0.2) is 5.11 Å². The summed E-state index contributed by atoms with van der Waals surface area (Å²) in [5.74, 6) is -1.15. The fourth-order valence-corrected chi connectivity index (χ4v) is 2.29. The molecule has 8 nitrogen and oxygen atoms in total. The minimum Gasteiger partial charge on any atom is -0.463 e. The highest BCUT2D eigenvalue weighted by atomic mass is 32.1. The molecule has 0 aromatic heterocycles. The topological polar surface area (TPSA) is 106 Å². The maximum Gasteiger partial charge on any atom is 0.306 e. The average molecular weight is 410 g/mol. The third-order valence-electron chi connectivity index (χ3n) is 3.77. The number of ether oxygens (including phenoxy) is 2. The molecule has 0 aliphatic carbocycles. The summed E-state index contributed by atoms with van der Waals surface area (Å²) in [6, 6.07) is 6.89. The molecule has 0 radical (unpaired) electrons. The number of carbonyl (C=O) groups is 3. The van der Waals surface area contributed by atoms with Crippen molar-refractivity contribution in [1.29, 1.82) is 0 Å². The zero-order valence-corrected chi connectivity index (χ0v) is 17.2. The Morgan fingerprint density at radius 3 is 2.54 bits per heavy atom. The molecule has 9 heteroatoms. The smallest absolute Gasteiger partial charge is 0.306 e. The van der Waals surface area contributed by atoms with Crippen LogP contribution in [-0.2, 0) is 19.1 Å². The van der Waals surface area contributed by atoms with Crippen molar-refractivity contribution >= 4 is 40.8 Å². The Balaban J connectivity index is 2.53. The van der Waals surface area contributed by atoms with E-state index in [0.717, 1.165) is 6.42 Å². The number of anilines is 1. The number of hydrogen-bond donors (Lipinski definition) is 3. The highest BCUT2D eigenvalue weighted by Crippen LogP contribution is 2.15. The van der Waals surface area contributed by atoms with Crippen LogP contribution in [0.4, 0.5) is 5.69 Å². The lowest BCUT2D eigenvalue weighted by Crippen LogP contribution is -2.36. The lowest BCUT2D eigenvalue weighted by atomic mass is 10.1. The van der Waals surface area contributed by atoms with Crippen LogP contribution in [-0.4, -0.2) is 49.3 Å². The summed E-state index contributed by atoms with van der Waals surface area (Å²) in [6.45, 7) is 4.34. The van der Waals surface area contributed by atoms with Crippen molar-refractivity contribution < 1.29 is 23.9 Å². The van der Waals surface area contributed by atoms with Crippen molar-refractivity contribution in [3.8, 4) is 0 Å². The number of methoxy groups -OCH3 is 1. The third kappa shape index (κ3) is 8.92. The van der Waals surface area contributed by atoms with Crippen molar-refractivity contribution in [2.45, 2.75) is 39.2 Å². The average Bonchev–Trinajstić information content (AvgIpc) is 2.66. The molecule has 1 rings (SSSR count). The Kier molecular flexibility index (Phi) is 10.7. The lowest BCUT2D eigenvalue weighted by molar-refractivity contribution is -0.146. The van der Waals surface area contributed by atoms with Gasteiger partial charge in [-0.2, -0.15) is 0 Å². The SMILES string of the molecule is CCC(C)NC(=O)c1ccccc1NC(=S)NC(=O)CCC(=O)OCCOC. The van der Waals surface area contributed by atoms with Gasteiger partial charge in [0, 0.05) is 19.6 Å². The van der Waals surface area contributed by atoms with Crippen LogP contribution in [0.3, 0.4) is 0 Å². The predicted octanol–water partition coefficient (Wildman–Crippen LogP) is 2.00.